The Balaban J connectivity index is 1.88. The van der Waals surface area contributed by atoms with Gasteiger partial charge in [-0.2, -0.15) is 0 Å². The average Bonchev–Trinajstić information content (AvgIpc) is 3.22. The Morgan fingerprint density at radius 3 is 2.64 bits per heavy atom. The molecule has 1 amide bonds. The van der Waals surface area contributed by atoms with E-state index in [1.54, 1.807) is 24.3 Å². The van der Waals surface area contributed by atoms with Crippen LogP contribution in [0, 0.1) is 0 Å². The van der Waals surface area contributed by atoms with E-state index >= 15 is 0 Å². The summed E-state index contributed by atoms with van der Waals surface area (Å²) in [6.45, 7) is 0. The number of amides is 1. The zero-order chi connectivity index (χ0) is 20.0. The third-order valence-corrected chi connectivity index (χ3v) is 4.57. The molecule has 142 valence electrons. The van der Waals surface area contributed by atoms with E-state index in [0.29, 0.717) is 22.5 Å². The minimum Gasteiger partial charge on any atom is -0.481 e. The van der Waals surface area contributed by atoms with Crippen molar-refractivity contribution in [1.29, 1.82) is 0 Å². The smallest absolute Gasteiger partial charge is 0.356 e. The number of aromatic nitrogens is 3. The summed E-state index contributed by atoms with van der Waals surface area (Å²) in [5, 5.41) is 20.8. The number of nitrogens with zero attached hydrogens (tertiary/aromatic N) is 2. The molecule has 0 fully saturated rings. The van der Waals surface area contributed by atoms with Gasteiger partial charge < -0.3 is 20.5 Å². The monoisotopic (exact) mass is 382 g/mol. The van der Waals surface area contributed by atoms with Gasteiger partial charge >= 0.3 is 11.9 Å². The molecule has 0 saturated carbocycles. The van der Waals surface area contributed by atoms with Gasteiger partial charge in [0.15, 0.2) is 5.69 Å². The summed E-state index contributed by atoms with van der Waals surface area (Å²) >= 11 is 0. The highest BCUT2D eigenvalue weighted by Crippen LogP contribution is 2.41. The molecule has 2 aromatic heterocycles. The summed E-state index contributed by atoms with van der Waals surface area (Å²) in [5.41, 5.74) is 1.34. The second-order valence-corrected chi connectivity index (χ2v) is 6.32. The van der Waals surface area contributed by atoms with Crippen LogP contribution in [0.25, 0.3) is 16.9 Å². The van der Waals surface area contributed by atoms with Crippen LogP contribution in [0.2, 0.25) is 0 Å². The molecule has 1 aromatic carbocycles. The Hall–Kier alpha value is -3.95. The van der Waals surface area contributed by atoms with Gasteiger partial charge in [0.05, 0.1) is 23.9 Å². The number of carbonyl (C=O) groups excluding carboxylic acids is 1. The van der Waals surface area contributed by atoms with Crippen LogP contribution >= 0.6 is 0 Å². The normalized spacial score (nSPS) is 14.5. The second-order valence-electron chi connectivity index (χ2n) is 6.32. The first-order valence-corrected chi connectivity index (χ1v) is 8.36. The van der Waals surface area contributed by atoms with Crippen LogP contribution in [0.5, 0.6) is 0 Å². The lowest BCUT2D eigenvalue weighted by atomic mass is 10.1. The number of benzene rings is 1. The van der Waals surface area contributed by atoms with Crippen molar-refractivity contribution in [2.75, 3.05) is 0 Å². The lowest BCUT2D eigenvalue weighted by Gasteiger charge is -2.16. The molecule has 0 radical (unpaired) electrons. The van der Waals surface area contributed by atoms with Crippen LogP contribution in [0.1, 0.15) is 40.6 Å². The number of hydrogen-bond acceptors (Lipinski definition) is 5. The number of aromatic amines is 1. The summed E-state index contributed by atoms with van der Waals surface area (Å²) in [5.74, 6) is -2.85. The highest BCUT2D eigenvalue weighted by molar-refractivity contribution is 5.87. The molecule has 4 rings (SSSR count). The minimum absolute atomic E-state index is 0.103. The van der Waals surface area contributed by atoms with Gasteiger partial charge in [0.25, 0.3) is 5.56 Å². The van der Waals surface area contributed by atoms with Gasteiger partial charge in [-0.3, -0.25) is 18.8 Å². The van der Waals surface area contributed by atoms with Crippen LogP contribution in [0.15, 0.2) is 35.3 Å². The van der Waals surface area contributed by atoms with E-state index < -0.39 is 29.4 Å². The van der Waals surface area contributed by atoms with Gasteiger partial charge in [-0.05, 0) is 5.56 Å². The van der Waals surface area contributed by atoms with Crippen molar-refractivity contribution in [2.45, 2.75) is 18.9 Å². The molecule has 1 unspecified atom stereocenters. The van der Waals surface area contributed by atoms with Crippen LogP contribution in [-0.2, 0) is 9.59 Å². The topological polar surface area (TPSA) is 154 Å². The lowest BCUT2D eigenvalue weighted by Crippen LogP contribution is -2.30. The molecule has 1 aliphatic rings. The third kappa shape index (κ3) is 2.71. The number of aliphatic carboxylic acids is 1. The molecule has 28 heavy (non-hydrogen) atoms. The molecule has 1 atom stereocenters. The number of H-pyrrole nitrogens is 1. The Morgan fingerprint density at radius 1 is 1.18 bits per heavy atom. The Kier molecular flexibility index (Phi) is 3.95. The fraction of sp³-hybridized carbons (Fsp3) is 0.167. The van der Waals surface area contributed by atoms with Crippen molar-refractivity contribution in [3.8, 4) is 11.3 Å². The van der Waals surface area contributed by atoms with E-state index in [1.807, 2.05) is 0 Å². The van der Waals surface area contributed by atoms with Gasteiger partial charge in [0, 0.05) is 18.2 Å². The summed E-state index contributed by atoms with van der Waals surface area (Å²) in [7, 11) is 0. The van der Waals surface area contributed by atoms with E-state index in [4.69, 9.17) is 5.11 Å². The summed E-state index contributed by atoms with van der Waals surface area (Å²) in [6, 6.07) is 6.40. The fourth-order valence-electron chi connectivity index (χ4n) is 3.39. The number of aromatic carboxylic acids is 1. The minimum atomic E-state index is -1.28. The molecule has 0 bridgehead atoms. The van der Waals surface area contributed by atoms with Crippen LogP contribution in [0.4, 0.5) is 0 Å². The number of hydrogen-bond donors (Lipinski definition) is 4. The van der Waals surface area contributed by atoms with Crippen LogP contribution in [0.3, 0.4) is 0 Å². The van der Waals surface area contributed by atoms with Gasteiger partial charge in [-0.25, -0.2) is 9.78 Å². The van der Waals surface area contributed by atoms with Crippen LogP contribution < -0.4 is 10.9 Å². The lowest BCUT2D eigenvalue weighted by molar-refractivity contribution is -0.138. The number of carbonyl (C=O) groups is 3. The third-order valence-electron chi connectivity index (χ3n) is 4.57. The van der Waals surface area contributed by atoms with E-state index in [9.17, 15) is 24.3 Å². The molecular weight excluding hydrogens is 368 g/mol. The molecule has 0 spiro atoms. The number of carboxylic acids is 2. The first kappa shape index (κ1) is 17.5. The maximum absolute atomic E-state index is 12.4. The van der Waals surface area contributed by atoms with E-state index in [-0.39, 0.29) is 24.2 Å². The Morgan fingerprint density at radius 2 is 1.93 bits per heavy atom. The standard InChI is InChI=1S/C18H14N4O6/c23-11(5-6-12(24)25)20-13-8-3-1-2-4-9(8)14-15(13)22-7-10(18(27)28)19-16(22)17(26)21-14/h1-4,7,13H,5-6H2,(H,20,23)(H,21,26)(H,24,25)(H,27,28). The zero-order valence-electron chi connectivity index (χ0n) is 14.3. The van der Waals surface area contributed by atoms with E-state index in [0.717, 1.165) is 0 Å². The predicted octanol–water partition coefficient (Wildman–Crippen LogP) is 0.772. The van der Waals surface area contributed by atoms with Gasteiger partial charge in [0.1, 0.15) is 0 Å². The molecular formula is C18H14N4O6. The largest absolute Gasteiger partial charge is 0.481 e. The van der Waals surface area contributed by atoms with Crippen LogP contribution in [-0.4, -0.2) is 42.4 Å². The SMILES string of the molecule is O=C(O)CCC(=O)NC1c2ccccc2-c2[nH]c(=O)c3nc(C(=O)O)cn3c21. The van der Waals surface area contributed by atoms with Gasteiger partial charge in [-0.15, -0.1) is 0 Å². The summed E-state index contributed by atoms with van der Waals surface area (Å²) < 4.78 is 1.36. The zero-order valence-corrected chi connectivity index (χ0v) is 14.3. The molecule has 4 N–H and O–H groups in total. The first-order chi connectivity index (χ1) is 13.4. The van der Waals surface area contributed by atoms with Crippen molar-refractivity contribution in [3.63, 3.8) is 0 Å². The van der Waals surface area contributed by atoms with Crippen molar-refractivity contribution < 1.29 is 24.6 Å². The number of nitrogens with one attached hydrogen (secondary N) is 2. The summed E-state index contributed by atoms with van der Waals surface area (Å²) in [4.78, 5) is 53.3. The highest BCUT2D eigenvalue weighted by Gasteiger charge is 2.34. The van der Waals surface area contributed by atoms with Crippen molar-refractivity contribution in [2.24, 2.45) is 0 Å². The maximum atomic E-state index is 12.4. The summed E-state index contributed by atoms with van der Waals surface area (Å²) in [6.07, 6.45) is 0.705. The maximum Gasteiger partial charge on any atom is 0.356 e. The molecule has 3 aromatic rings. The van der Waals surface area contributed by atoms with Gasteiger partial charge in [-0.1, -0.05) is 24.3 Å². The Labute approximate surface area is 156 Å². The van der Waals surface area contributed by atoms with E-state index in [2.05, 4.69) is 15.3 Å². The molecule has 0 saturated heterocycles. The van der Waals surface area contributed by atoms with Crippen molar-refractivity contribution in [1.82, 2.24) is 19.7 Å². The predicted molar refractivity (Wildman–Crippen MR) is 95.1 cm³/mol. The molecule has 10 nitrogen and oxygen atoms in total. The van der Waals surface area contributed by atoms with E-state index in [1.165, 1.54) is 10.6 Å². The fourth-order valence-corrected chi connectivity index (χ4v) is 3.39. The highest BCUT2D eigenvalue weighted by atomic mass is 16.4. The van der Waals surface area contributed by atoms with Crippen molar-refractivity contribution in [3.05, 3.63) is 57.8 Å². The molecule has 1 aliphatic carbocycles. The molecule has 0 aliphatic heterocycles. The number of rotatable bonds is 5. The number of imidazole rings is 1. The number of fused-ring (bicyclic) bond motifs is 5. The average molecular weight is 382 g/mol. The first-order valence-electron chi connectivity index (χ1n) is 8.36. The van der Waals surface area contributed by atoms with Gasteiger partial charge in [0.2, 0.25) is 11.6 Å². The second kappa shape index (κ2) is 6.34. The Bertz CT molecular complexity index is 1210. The molecule has 10 heteroatoms. The number of carboxylic acid groups (broad SMARTS) is 2. The molecule has 2 heterocycles. The van der Waals surface area contributed by atoms with Crippen molar-refractivity contribution >= 4 is 23.5 Å². The quantitative estimate of drug-likeness (QED) is 0.508.